The zero-order valence-electron chi connectivity index (χ0n) is 13.2. The summed E-state index contributed by atoms with van der Waals surface area (Å²) in [6, 6.07) is 8.93. The molecule has 1 saturated carbocycles. The third-order valence-corrected chi connectivity index (χ3v) is 4.29. The molecule has 7 nitrogen and oxygen atoms in total. The lowest BCUT2D eigenvalue weighted by Gasteiger charge is -2.15. The average Bonchev–Trinajstić information content (AvgIpc) is 3.36. The molecule has 3 rings (SSSR count). The number of hydrogen-bond donors (Lipinski definition) is 4. The molecule has 4 atom stereocenters. The number of aliphatic hydroxyl groups is 2. The lowest BCUT2D eigenvalue weighted by atomic mass is 10.1. The van der Waals surface area contributed by atoms with E-state index in [1.807, 2.05) is 6.07 Å². The number of amides is 2. The van der Waals surface area contributed by atoms with Gasteiger partial charge in [0.1, 0.15) is 18.3 Å². The molecule has 7 heteroatoms. The lowest BCUT2D eigenvalue weighted by molar-refractivity contribution is -0.125. The number of benzene rings is 1. The number of aliphatic hydroxyl groups excluding tert-OH is 2. The minimum atomic E-state index is -1.14. The number of carbonyl (C=O) groups excluding carboxylic acids is 2. The normalized spacial score (nSPS) is 29.2. The summed E-state index contributed by atoms with van der Waals surface area (Å²) in [5.41, 5.74) is 0.505. The van der Waals surface area contributed by atoms with Crippen LogP contribution < -0.4 is 10.6 Å². The van der Waals surface area contributed by atoms with Crippen LogP contribution in [-0.2, 0) is 9.53 Å². The van der Waals surface area contributed by atoms with Crippen molar-refractivity contribution in [1.29, 1.82) is 0 Å². The van der Waals surface area contributed by atoms with E-state index in [2.05, 4.69) is 10.6 Å². The van der Waals surface area contributed by atoms with Crippen LogP contribution in [0, 0.1) is 0 Å². The zero-order chi connectivity index (χ0) is 17.1. The summed E-state index contributed by atoms with van der Waals surface area (Å²) in [4.78, 5) is 23.8. The molecule has 1 aliphatic carbocycles. The maximum Gasteiger partial charge on any atom is 0.251 e. The quantitative estimate of drug-likeness (QED) is 0.565. The Balaban J connectivity index is 1.49. The largest absolute Gasteiger partial charge is 0.388 e. The first kappa shape index (κ1) is 16.9. The van der Waals surface area contributed by atoms with E-state index in [-0.39, 0.29) is 30.8 Å². The SMILES string of the molecule is O=C(C[C@@H]1O[C@H](CNC(=O)c2ccccc2)[C@@H](O)[C@H]1O)NC1CC1. The smallest absolute Gasteiger partial charge is 0.251 e. The highest BCUT2D eigenvalue weighted by atomic mass is 16.5. The molecule has 0 bridgehead atoms. The molecule has 2 fully saturated rings. The molecule has 1 aromatic rings. The molecule has 0 unspecified atom stereocenters. The summed E-state index contributed by atoms with van der Waals surface area (Å²) in [5.74, 6) is -0.474. The van der Waals surface area contributed by atoms with Gasteiger partial charge in [-0.15, -0.1) is 0 Å². The Morgan fingerprint density at radius 1 is 1.08 bits per heavy atom. The molecule has 0 spiro atoms. The van der Waals surface area contributed by atoms with E-state index in [4.69, 9.17) is 4.74 Å². The minimum Gasteiger partial charge on any atom is -0.388 e. The predicted molar refractivity (Wildman–Crippen MR) is 85.2 cm³/mol. The van der Waals surface area contributed by atoms with Gasteiger partial charge in [0.15, 0.2) is 0 Å². The van der Waals surface area contributed by atoms with Gasteiger partial charge in [-0.1, -0.05) is 18.2 Å². The Morgan fingerprint density at radius 2 is 1.75 bits per heavy atom. The topological polar surface area (TPSA) is 108 Å². The van der Waals surface area contributed by atoms with Crippen molar-refractivity contribution in [2.75, 3.05) is 6.54 Å². The molecule has 130 valence electrons. The molecular weight excluding hydrogens is 312 g/mol. The molecule has 4 N–H and O–H groups in total. The fourth-order valence-corrected chi connectivity index (χ4v) is 2.74. The fraction of sp³-hybridized carbons (Fsp3) is 0.529. The first-order chi connectivity index (χ1) is 11.5. The van der Waals surface area contributed by atoms with Crippen LogP contribution in [0.1, 0.15) is 29.6 Å². The van der Waals surface area contributed by atoms with E-state index in [1.165, 1.54) is 0 Å². The molecular formula is C17H22N2O5. The van der Waals surface area contributed by atoms with Gasteiger partial charge < -0.3 is 25.6 Å². The standard InChI is InChI=1S/C17H22N2O5/c20-14(19-11-6-7-11)8-12-15(21)16(22)13(24-12)9-18-17(23)10-4-2-1-3-5-10/h1-5,11-13,15-16,21-22H,6-9H2,(H,18,23)(H,19,20)/t12-,13+,15-,16+/m0/s1. The summed E-state index contributed by atoms with van der Waals surface area (Å²) in [7, 11) is 0. The van der Waals surface area contributed by atoms with Gasteiger partial charge in [0.2, 0.25) is 5.91 Å². The first-order valence-corrected chi connectivity index (χ1v) is 8.19. The molecule has 1 aromatic carbocycles. The van der Waals surface area contributed by atoms with Crippen molar-refractivity contribution < 1.29 is 24.5 Å². The Kier molecular flexibility index (Phi) is 5.13. The number of carbonyl (C=O) groups is 2. The molecule has 2 amide bonds. The van der Waals surface area contributed by atoms with Crippen molar-refractivity contribution in [1.82, 2.24) is 10.6 Å². The van der Waals surface area contributed by atoms with Gasteiger partial charge in [-0.2, -0.15) is 0 Å². The van der Waals surface area contributed by atoms with Gasteiger partial charge in [-0.05, 0) is 25.0 Å². The third kappa shape index (κ3) is 4.11. The maximum atomic E-state index is 12.0. The van der Waals surface area contributed by atoms with Gasteiger partial charge in [-0.25, -0.2) is 0 Å². The number of hydrogen-bond acceptors (Lipinski definition) is 5. The van der Waals surface area contributed by atoms with E-state index in [9.17, 15) is 19.8 Å². The third-order valence-electron chi connectivity index (χ3n) is 4.29. The summed E-state index contributed by atoms with van der Waals surface area (Å²) in [6.07, 6.45) is -1.83. The molecule has 1 aliphatic heterocycles. The van der Waals surface area contributed by atoms with Crippen LogP contribution in [0.15, 0.2) is 30.3 Å². The number of ether oxygens (including phenoxy) is 1. The van der Waals surface area contributed by atoms with E-state index in [0.29, 0.717) is 5.56 Å². The van der Waals surface area contributed by atoms with E-state index in [1.54, 1.807) is 24.3 Å². The van der Waals surface area contributed by atoms with Crippen LogP contribution in [0.25, 0.3) is 0 Å². The van der Waals surface area contributed by atoms with Crippen molar-refractivity contribution in [2.24, 2.45) is 0 Å². The Morgan fingerprint density at radius 3 is 2.42 bits per heavy atom. The molecule has 1 saturated heterocycles. The van der Waals surface area contributed by atoms with Gasteiger partial charge in [0.05, 0.1) is 12.5 Å². The van der Waals surface area contributed by atoms with Gasteiger partial charge in [-0.3, -0.25) is 9.59 Å². The van der Waals surface area contributed by atoms with E-state index < -0.39 is 24.4 Å². The van der Waals surface area contributed by atoms with Crippen LogP contribution >= 0.6 is 0 Å². The van der Waals surface area contributed by atoms with Crippen molar-refractivity contribution in [3.05, 3.63) is 35.9 Å². The second kappa shape index (κ2) is 7.29. The Bertz CT molecular complexity index is 590. The van der Waals surface area contributed by atoms with Gasteiger partial charge in [0.25, 0.3) is 5.91 Å². The molecule has 24 heavy (non-hydrogen) atoms. The van der Waals surface area contributed by atoms with Crippen LogP contribution in [0.3, 0.4) is 0 Å². The molecule has 1 heterocycles. The highest BCUT2D eigenvalue weighted by molar-refractivity contribution is 5.94. The summed E-state index contributed by atoms with van der Waals surface area (Å²) < 4.78 is 5.57. The monoisotopic (exact) mass is 334 g/mol. The maximum absolute atomic E-state index is 12.0. The predicted octanol–water partition coefficient (Wildman–Crippen LogP) is -0.426. The summed E-state index contributed by atoms with van der Waals surface area (Å²) >= 11 is 0. The number of rotatable bonds is 6. The summed E-state index contributed by atoms with van der Waals surface area (Å²) in [6.45, 7) is 0.0622. The Labute approximate surface area is 140 Å². The van der Waals surface area contributed by atoms with E-state index in [0.717, 1.165) is 12.8 Å². The minimum absolute atomic E-state index is 0.00212. The van der Waals surface area contributed by atoms with Crippen LogP contribution in [0.2, 0.25) is 0 Å². The highest BCUT2D eigenvalue weighted by Crippen LogP contribution is 2.24. The number of nitrogens with one attached hydrogen (secondary N) is 2. The van der Waals surface area contributed by atoms with Crippen molar-refractivity contribution >= 4 is 11.8 Å². The van der Waals surface area contributed by atoms with Crippen molar-refractivity contribution in [3.63, 3.8) is 0 Å². The Hall–Kier alpha value is -1.96. The zero-order valence-corrected chi connectivity index (χ0v) is 13.2. The van der Waals surface area contributed by atoms with E-state index >= 15 is 0 Å². The van der Waals surface area contributed by atoms with Crippen molar-refractivity contribution in [2.45, 2.75) is 49.7 Å². The van der Waals surface area contributed by atoms with Gasteiger partial charge >= 0.3 is 0 Å². The van der Waals surface area contributed by atoms with Gasteiger partial charge in [0, 0.05) is 18.2 Å². The molecule has 0 radical (unpaired) electrons. The first-order valence-electron chi connectivity index (χ1n) is 8.19. The van der Waals surface area contributed by atoms with Crippen LogP contribution in [0.5, 0.6) is 0 Å². The highest BCUT2D eigenvalue weighted by Gasteiger charge is 2.43. The lowest BCUT2D eigenvalue weighted by Crippen LogP contribution is -2.40. The van der Waals surface area contributed by atoms with Crippen LogP contribution in [0.4, 0.5) is 0 Å². The molecule has 2 aliphatic rings. The van der Waals surface area contributed by atoms with Crippen LogP contribution in [-0.4, -0.2) is 59.0 Å². The fourth-order valence-electron chi connectivity index (χ4n) is 2.74. The second-order valence-corrected chi connectivity index (χ2v) is 6.32. The molecule has 0 aromatic heterocycles. The average molecular weight is 334 g/mol. The second-order valence-electron chi connectivity index (χ2n) is 6.32. The summed E-state index contributed by atoms with van der Waals surface area (Å²) in [5, 5.41) is 25.6. The van der Waals surface area contributed by atoms with Crippen molar-refractivity contribution in [3.8, 4) is 0 Å².